The lowest BCUT2D eigenvalue weighted by atomic mass is 9.47. The van der Waals surface area contributed by atoms with E-state index in [2.05, 4.69) is 40.7 Å². The minimum Gasteiger partial charge on any atom is -0.461 e. The summed E-state index contributed by atoms with van der Waals surface area (Å²) in [5, 5.41) is -0.728. The highest BCUT2D eigenvalue weighted by Gasteiger charge is 2.59. The van der Waals surface area contributed by atoms with E-state index >= 15 is 0 Å². The highest BCUT2D eigenvalue weighted by Crippen LogP contribution is 2.67. The number of benzene rings is 1. The summed E-state index contributed by atoms with van der Waals surface area (Å²) in [4.78, 5) is 12.9. The maximum absolute atomic E-state index is 12.9. The Kier molecular flexibility index (Phi) is 8.41. The Morgan fingerprint density at radius 3 is 2.50 bits per heavy atom. The minimum atomic E-state index is -0.728. The summed E-state index contributed by atoms with van der Waals surface area (Å²) in [7, 11) is 0. The van der Waals surface area contributed by atoms with Crippen LogP contribution in [-0.4, -0.2) is 12.1 Å². The predicted molar refractivity (Wildman–Crippen MR) is 158 cm³/mol. The van der Waals surface area contributed by atoms with E-state index in [0.717, 1.165) is 60.3 Å². The molecule has 3 heteroatoms. The van der Waals surface area contributed by atoms with Gasteiger partial charge in [0, 0.05) is 6.42 Å². The molecular weight excluding hydrogens is 488 g/mol. The van der Waals surface area contributed by atoms with Crippen LogP contribution >= 0.6 is 11.6 Å². The molecule has 3 fully saturated rings. The molecule has 0 aromatic heterocycles. The van der Waals surface area contributed by atoms with Gasteiger partial charge in [-0.25, -0.2) is 0 Å². The van der Waals surface area contributed by atoms with Crippen molar-refractivity contribution in [1.82, 2.24) is 0 Å². The SMILES string of the molecule is CC(C)CCC[C@@H](C)[C@H]1CC[C@H]2[C@@H]3CC=C4C[C@H](OC(=O)C(Cl)c5ccccc5)CC[C@]4(C)[C@H]3CC[C@]12C. The Labute approximate surface area is 237 Å². The van der Waals surface area contributed by atoms with Crippen molar-refractivity contribution in [3.63, 3.8) is 0 Å². The molecule has 3 saturated carbocycles. The van der Waals surface area contributed by atoms with E-state index in [4.69, 9.17) is 16.3 Å². The van der Waals surface area contributed by atoms with Crippen molar-refractivity contribution in [3.8, 4) is 0 Å². The van der Waals surface area contributed by atoms with Gasteiger partial charge in [-0.05, 0) is 96.8 Å². The fourth-order valence-corrected chi connectivity index (χ4v) is 9.93. The Morgan fingerprint density at radius 1 is 1.00 bits per heavy atom. The van der Waals surface area contributed by atoms with Crippen LogP contribution in [0.5, 0.6) is 0 Å². The standard InChI is InChI=1S/C35H51ClO2/c1-23(2)10-9-11-24(3)29-16-17-30-28-15-14-26-22-27(38-33(37)32(36)25-12-7-6-8-13-25)18-20-34(26,4)31(28)19-21-35(29,30)5/h6-8,12-14,23-24,27-32H,9-11,15-22H2,1-5H3/t24-,27-,28+,29-,30+,31+,32?,34+,35-/m1/s1. The number of halogens is 1. The number of rotatable bonds is 8. The summed E-state index contributed by atoms with van der Waals surface area (Å²) >= 11 is 6.48. The molecule has 1 aromatic rings. The molecule has 210 valence electrons. The van der Waals surface area contributed by atoms with E-state index in [0.29, 0.717) is 5.41 Å². The zero-order valence-electron chi connectivity index (χ0n) is 24.6. The maximum Gasteiger partial charge on any atom is 0.328 e. The minimum absolute atomic E-state index is 0.0419. The van der Waals surface area contributed by atoms with Gasteiger partial charge in [-0.3, -0.25) is 4.79 Å². The largest absolute Gasteiger partial charge is 0.461 e. The highest BCUT2D eigenvalue weighted by atomic mass is 35.5. The first-order chi connectivity index (χ1) is 18.1. The van der Waals surface area contributed by atoms with Gasteiger partial charge in [-0.1, -0.05) is 95.9 Å². The topological polar surface area (TPSA) is 26.3 Å². The van der Waals surface area contributed by atoms with E-state index in [9.17, 15) is 4.79 Å². The molecule has 5 rings (SSSR count). The normalized spacial score (nSPS) is 38.0. The summed E-state index contributed by atoms with van der Waals surface area (Å²) in [5.74, 6) is 4.80. The fraction of sp³-hybridized carbons (Fsp3) is 0.743. The molecule has 4 aliphatic carbocycles. The monoisotopic (exact) mass is 538 g/mol. The first-order valence-electron chi connectivity index (χ1n) is 15.7. The van der Waals surface area contributed by atoms with Crippen molar-refractivity contribution < 1.29 is 9.53 Å². The van der Waals surface area contributed by atoms with E-state index in [-0.39, 0.29) is 17.5 Å². The zero-order valence-corrected chi connectivity index (χ0v) is 25.3. The Bertz CT molecular complexity index is 1000. The number of fused-ring (bicyclic) bond motifs is 5. The van der Waals surface area contributed by atoms with Crippen molar-refractivity contribution in [2.45, 2.75) is 117 Å². The van der Waals surface area contributed by atoms with E-state index in [1.807, 2.05) is 30.3 Å². The van der Waals surface area contributed by atoms with Gasteiger partial charge < -0.3 is 4.74 Å². The van der Waals surface area contributed by atoms with Crippen LogP contribution in [0.3, 0.4) is 0 Å². The van der Waals surface area contributed by atoms with Gasteiger partial charge in [0.05, 0.1) is 0 Å². The Balaban J connectivity index is 1.23. The zero-order chi connectivity index (χ0) is 27.1. The van der Waals surface area contributed by atoms with Crippen LogP contribution in [0.2, 0.25) is 0 Å². The molecule has 2 nitrogen and oxygen atoms in total. The molecule has 1 unspecified atom stereocenters. The van der Waals surface area contributed by atoms with Crippen LogP contribution in [0.25, 0.3) is 0 Å². The summed E-state index contributed by atoms with van der Waals surface area (Å²) < 4.78 is 6.00. The lowest BCUT2D eigenvalue weighted by Crippen LogP contribution is -2.51. The molecule has 0 spiro atoms. The van der Waals surface area contributed by atoms with Crippen molar-refractivity contribution >= 4 is 17.6 Å². The average molecular weight is 539 g/mol. The molecule has 0 amide bonds. The van der Waals surface area contributed by atoms with Crippen LogP contribution in [0, 0.1) is 46.3 Å². The quantitative estimate of drug-likeness (QED) is 0.187. The van der Waals surface area contributed by atoms with Crippen molar-refractivity contribution in [2.75, 3.05) is 0 Å². The molecule has 38 heavy (non-hydrogen) atoms. The van der Waals surface area contributed by atoms with Crippen LogP contribution in [0.1, 0.15) is 116 Å². The third-order valence-corrected chi connectivity index (χ3v) is 12.3. The smallest absolute Gasteiger partial charge is 0.328 e. The molecule has 0 bridgehead atoms. The van der Waals surface area contributed by atoms with Crippen molar-refractivity contribution in [1.29, 1.82) is 0 Å². The third-order valence-electron chi connectivity index (χ3n) is 11.8. The molecule has 4 aliphatic rings. The molecule has 9 atom stereocenters. The number of allylic oxidation sites excluding steroid dienone is 1. The van der Waals surface area contributed by atoms with Gasteiger partial charge in [0.15, 0.2) is 5.38 Å². The van der Waals surface area contributed by atoms with Crippen LogP contribution in [0.4, 0.5) is 0 Å². The van der Waals surface area contributed by atoms with Gasteiger partial charge in [-0.2, -0.15) is 0 Å². The number of esters is 1. The molecule has 0 radical (unpaired) electrons. The highest BCUT2D eigenvalue weighted by molar-refractivity contribution is 6.29. The fourth-order valence-electron chi connectivity index (χ4n) is 9.73. The molecular formula is C35H51ClO2. The van der Waals surface area contributed by atoms with E-state index in [1.54, 1.807) is 5.57 Å². The summed E-state index contributed by atoms with van der Waals surface area (Å²) in [6.45, 7) is 12.5. The van der Waals surface area contributed by atoms with Gasteiger partial charge in [0.1, 0.15) is 6.10 Å². The molecule has 0 N–H and O–H groups in total. The number of ether oxygens (including phenoxy) is 1. The number of carbonyl (C=O) groups excluding carboxylic acids is 1. The second kappa shape index (κ2) is 11.3. The van der Waals surface area contributed by atoms with Gasteiger partial charge in [0.2, 0.25) is 0 Å². The molecule has 0 heterocycles. The van der Waals surface area contributed by atoms with Crippen molar-refractivity contribution in [3.05, 3.63) is 47.5 Å². The van der Waals surface area contributed by atoms with Gasteiger partial charge in [0.25, 0.3) is 0 Å². The lowest BCUT2D eigenvalue weighted by Gasteiger charge is -2.58. The Morgan fingerprint density at radius 2 is 1.76 bits per heavy atom. The molecule has 0 saturated heterocycles. The van der Waals surface area contributed by atoms with Crippen LogP contribution < -0.4 is 0 Å². The van der Waals surface area contributed by atoms with E-state index < -0.39 is 5.38 Å². The van der Waals surface area contributed by atoms with Crippen LogP contribution in [0.15, 0.2) is 42.0 Å². The predicted octanol–water partition coefficient (Wildman–Crippen LogP) is 9.92. The molecule has 1 aromatic carbocycles. The van der Waals surface area contributed by atoms with Gasteiger partial charge in [-0.15, -0.1) is 11.6 Å². The second-order valence-electron chi connectivity index (χ2n) is 14.4. The number of hydrogen-bond acceptors (Lipinski definition) is 2. The van der Waals surface area contributed by atoms with Crippen LogP contribution in [-0.2, 0) is 9.53 Å². The number of alkyl halides is 1. The van der Waals surface area contributed by atoms with Gasteiger partial charge >= 0.3 is 5.97 Å². The number of hydrogen-bond donors (Lipinski definition) is 0. The van der Waals surface area contributed by atoms with E-state index in [1.165, 1.54) is 51.4 Å². The first-order valence-corrected chi connectivity index (χ1v) is 16.2. The Hall–Kier alpha value is -1.28. The first kappa shape index (κ1) is 28.3. The number of carbonyl (C=O) groups is 1. The lowest BCUT2D eigenvalue weighted by molar-refractivity contribution is -0.151. The summed E-state index contributed by atoms with van der Waals surface area (Å²) in [6, 6.07) is 9.58. The average Bonchev–Trinajstić information content (AvgIpc) is 3.26. The molecule has 0 aliphatic heterocycles. The third kappa shape index (κ3) is 5.25. The summed E-state index contributed by atoms with van der Waals surface area (Å²) in [5.41, 5.74) is 3.18. The summed E-state index contributed by atoms with van der Waals surface area (Å²) in [6.07, 6.45) is 16.6. The maximum atomic E-state index is 12.9. The second-order valence-corrected chi connectivity index (χ2v) is 14.8. The van der Waals surface area contributed by atoms with Crippen molar-refractivity contribution in [2.24, 2.45) is 46.3 Å².